The van der Waals surface area contributed by atoms with E-state index in [9.17, 15) is 4.79 Å². The van der Waals surface area contributed by atoms with Crippen molar-refractivity contribution in [3.63, 3.8) is 0 Å². The Morgan fingerprint density at radius 2 is 2.29 bits per heavy atom. The fourth-order valence-corrected chi connectivity index (χ4v) is 2.30. The van der Waals surface area contributed by atoms with Crippen molar-refractivity contribution in [3.05, 3.63) is 16.1 Å². The molecule has 17 heavy (non-hydrogen) atoms. The van der Waals surface area contributed by atoms with Crippen LogP contribution < -0.4 is 11.1 Å². The third kappa shape index (κ3) is 4.44. The minimum atomic E-state index is -0.0906. The van der Waals surface area contributed by atoms with Crippen molar-refractivity contribution in [1.29, 1.82) is 0 Å². The Labute approximate surface area is 107 Å². The van der Waals surface area contributed by atoms with Crippen molar-refractivity contribution in [2.45, 2.75) is 27.2 Å². The molecule has 96 valence electrons. The summed E-state index contributed by atoms with van der Waals surface area (Å²) in [5.41, 5.74) is 6.63. The summed E-state index contributed by atoms with van der Waals surface area (Å²) in [7, 11) is 0. The number of aromatic nitrogens is 1. The summed E-state index contributed by atoms with van der Waals surface area (Å²) >= 11 is 1.64. The summed E-state index contributed by atoms with van der Waals surface area (Å²) in [6.07, 6.45) is 0.783. The number of carbonyl (C=O) groups is 1. The molecule has 3 N–H and O–H groups in total. The summed E-state index contributed by atoms with van der Waals surface area (Å²) in [6.45, 7) is 7.04. The zero-order valence-corrected chi connectivity index (χ0v) is 11.5. The second-order valence-corrected chi connectivity index (χ2v) is 5.55. The standard InChI is InChI=1S/C12H21N3OS/c1-8(2)11(6-13)12(16)14-5-4-10-7-17-9(3)15-10/h7-8,11H,4-6,13H2,1-3H3,(H,14,16). The first kappa shape index (κ1) is 14.1. The predicted molar refractivity (Wildman–Crippen MR) is 70.9 cm³/mol. The molecule has 0 spiro atoms. The second-order valence-electron chi connectivity index (χ2n) is 4.49. The number of carbonyl (C=O) groups excluding carboxylic acids is 1. The monoisotopic (exact) mass is 255 g/mol. The summed E-state index contributed by atoms with van der Waals surface area (Å²) in [5.74, 6) is 0.239. The number of nitrogens with two attached hydrogens (primary N) is 1. The van der Waals surface area contributed by atoms with Gasteiger partial charge in [0.1, 0.15) is 0 Å². The highest BCUT2D eigenvalue weighted by Gasteiger charge is 2.19. The van der Waals surface area contributed by atoms with Crippen LogP contribution in [0.1, 0.15) is 24.5 Å². The number of nitrogens with one attached hydrogen (secondary N) is 1. The summed E-state index contributed by atoms with van der Waals surface area (Å²) < 4.78 is 0. The third-order valence-corrected chi connectivity index (χ3v) is 3.56. The molecule has 0 saturated heterocycles. The van der Waals surface area contributed by atoms with E-state index in [1.165, 1.54) is 0 Å². The molecule has 0 saturated carbocycles. The minimum absolute atomic E-state index is 0.0504. The lowest BCUT2D eigenvalue weighted by atomic mass is 9.95. The van der Waals surface area contributed by atoms with Gasteiger partial charge >= 0.3 is 0 Å². The number of rotatable bonds is 6. The number of amides is 1. The van der Waals surface area contributed by atoms with Gasteiger partial charge in [0, 0.05) is 24.9 Å². The first-order chi connectivity index (χ1) is 8.04. The normalized spacial score (nSPS) is 12.8. The van der Waals surface area contributed by atoms with E-state index in [0.717, 1.165) is 17.1 Å². The average Bonchev–Trinajstić information content (AvgIpc) is 2.64. The van der Waals surface area contributed by atoms with E-state index in [1.54, 1.807) is 11.3 Å². The number of hydrogen-bond acceptors (Lipinski definition) is 4. The maximum Gasteiger partial charge on any atom is 0.224 e. The molecule has 1 aromatic heterocycles. The van der Waals surface area contributed by atoms with Crippen LogP contribution in [0.5, 0.6) is 0 Å². The average molecular weight is 255 g/mol. The Bertz CT molecular complexity index is 362. The van der Waals surface area contributed by atoms with Gasteiger partial charge in [0.2, 0.25) is 5.91 Å². The zero-order chi connectivity index (χ0) is 12.8. The van der Waals surface area contributed by atoms with Crippen molar-refractivity contribution in [2.75, 3.05) is 13.1 Å². The van der Waals surface area contributed by atoms with Crippen LogP contribution in [0.25, 0.3) is 0 Å². The van der Waals surface area contributed by atoms with Gasteiger partial charge in [0.05, 0.1) is 16.6 Å². The van der Waals surface area contributed by atoms with Crippen LogP contribution in [-0.4, -0.2) is 24.0 Å². The van der Waals surface area contributed by atoms with Crippen molar-refractivity contribution in [1.82, 2.24) is 10.3 Å². The van der Waals surface area contributed by atoms with Crippen LogP contribution in [-0.2, 0) is 11.2 Å². The molecule has 1 unspecified atom stereocenters. The second kappa shape index (κ2) is 6.71. The van der Waals surface area contributed by atoms with E-state index >= 15 is 0 Å². The number of hydrogen-bond donors (Lipinski definition) is 2. The Balaban J connectivity index is 2.33. The zero-order valence-electron chi connectivity index (χ0n) is 10.7. The van der Waals surface area contributed by atoms with Gasteiger partial charge in [-0.1, -0.05) is 13.8 Å². The van der Waals surface area contributed by atoms with Crippen molar-refractivity contribution >= 4 is 17.2 Å². The Hall–Kier alpha value is -0.940. The van der Waals surface area contributed by atoms with Gasteiger partial charge in [-0.05, 0) is 12.8 Å². The van der Waals surface area contributed by atoms with Gasteiger partial charge < -0.3 is 11.1 Å². The van der Waals surface area contributed by atoms with Crippen LogP contribution in [0.2, 0.25) is 0 Å². The largest absolute Gasteiger partial charge is 0.355 e. The molecule has 1 atom stereocenters. The summed E-state index contributed by atoms with van der Waals surface area (Å²) in [5, 5.41) is 6.01. The molecule has 0 aromatic carbocycles. The lowest BCUT2D eigenvalue weighted by molar-refractivity contribution is -0.125. The molecule has 0 aliphatic heterocycles. The molecule has 1 amide bonds. The molecular weight excluding hydrogens is 234 g/mol. The quantitative estimate of drug-likeness (QED) is 0.806. The molecule has 4 nitrogen and oxygen atoms in total. The number of nitrogens with zero attached hydrogens (tertiary/aromatic N) is 1. The fourth-order valence-electron chi connectivity index (χ4n) is 1.65. The van der Waals surface area contributed by atoms with Crippen molar-refractivity contribution < 1.29 is 4.79 Å². The van der Waals surface area contributed by atoms with Gasteiger partial charge in [-0.3, -0.25) is 4.79 Å². The summed E-state index contributed by atoms with van der Waals surface area (Å²) in [6, 6.07) is 0. The number of thiazole rings is 1. The first-order valence-corrected chi connectivity index (χ1v) is 6.81. The van der Waals surface area contributed by atoms with Gasteiger partial charge in [-0.25, -0.2) is 4.98 Å². The topological polar surface area (TPSA) is 68.0 Å². The van der Waals surface area contributed by atoms with Crippen molar-refractivity contribution in [2.24, 2.45) is 17.6 Å². The molecule has 1 rings (SSSR count). The summed E-state index contributed by atoms with van der Waals surface area (Å²) in [4.78, 5) is 16.2. The number of aryl methyl sites for hydroxylation is 1. The highest BCUT2D eigenvalue weighted by atomic mass is 32.1. The van der Waals surface area contributed by atoms with Crippen LogP contribution >= 0.6 is 11.3 Å². The lowest BCUT2D eigenvalue weighted by Gasteiger charge is -2.17. The SMILES string of the molecule is Cc1nc(CCNC(=O)C(CN)C(C)C)cs1. The molecule has 5 heteroatoms. The third-order valence-electron chi connectivity index (χ3n) is 2.74. The van der Waals surface area contributed by atoms with E-state index in [2.05, 4.69) is 10.3 Å². The minimum Gasteiger partial charge on any atom is -0.355 e. The predicted octanol–water partition coefficient (Wildman–Crippen LogP) is 1.34. The molecule has 0 fully saturated rings. The van der Waals surface area contributed by atoms with E-state index in [4.69, 9.17) is 5.73 Å². The first-order valence-electron chi connectivity index (χ1n) is 5.93. The fraction of sp³-hybridized carbons (Fsp3) is 0.667. The van der Waals surface area contributed by atoms with Crippen LogP contribution in [0, 0.1) is 18.8 Å². The Morgan fingerprint density at radius 1 is 1.59 bits per heavy atom. The van der Waals surface area contributed by atoms with Crippen LogP contribution in [0.15, 0.2) is 5.38 Å². The van der Waals surface area contributed by atoms with E-state index in [-0.39, 0.29) is 17.7 Å². The molecule has 0 bridgehead atoms. The van der Waals surface area contributed by atoms with Crippen LogP contribution in [0.4, 0.5) is 0 Å². The smallest absolute Gasteiger partial charge is 0.224 e. The van der Waals surface area contributed by atoms with Crippen LogP contribution in [0.3, 0.4) is 0 Å². The molecular formula is C12H21N3OS. The maximum absolute atomic E-state index is 11.8. The van der Waals surface area contributed by atoms with Gasteiger partial charge in [0.25, 0.3) is 0 Å². The Kier molecular flexibility index (Phi) is 5.58. The highest BCUT2D eigenvalue weighted by molar-refractivity contribution is 7.09. The van der Waals surface area contributed by atoms with Gasteiger partial charge in [0.15, 0.2) is 0 Å². The maximum atomic E-state index is 11.8. The van der Waals surface area contributed by atoms with E-state index in [1.807, 2.05) is 26.2 Å². The van der Waals surface area contributed by atoms with E-state index in [0.29, 0.717) is 13.1 Å². The molecule has 1 heterocycles. The van der Waals surface area contributed by atoms with E-state index < -0.39 is 0 Å². The van der Waals surface area contributed by atoms with Gasteiger partial charge in [-0.2, -0.15) is 0 Å². The van der Waals surface area contributed by atoms with Gasteiger partial charge in [-0.15, -0.1) is 11.3 Å². The Morgan fingerprint density at radius 3 is 2.76 bits per heavy atom. The molecule has 0 radical (unpaired) electrons. The highest BCUT2D eigenvalue weighted by Crippen LogP contribution is 2.10. The molecule has 0 aliphatic rings. The molecule has 0 aliphatic carbocycles. The lowest BCUT2D eigenvalue weighted by Crippen LogP contribution is -2.38. The van der Waals surface area contributed by atoms with Crippen molar-refractivity contribution in [3.8, 4) is 0 Å². The molecule has 1 aromatic rings.